The zero-order valence-corrected chi connectivity index (χ0v) is 13.5. The van der Waals surface area contributed by atoms with Gasteiger partial charge >= 0.3 is 0 Å². The molecule has 1 fully saturated rings. The molecule has 0 aromatic heterocycles. The number of hydrogen-bond donors (Lipinski definition) is 1. The van der Waals surface area contributed by atoms with Gasteiger partial charge in [0.25, 0.3) is 11.6 Å². The van der Waals surface area contributed by atoms with Crippen molar-refractivity contribution in [1.82, 2.24) is 10.2 Å². The molecule has 1 saturated heterocycles. The monoisotopic (exact) mass is 321 g/mol. The highest BCUT2D eigenvalue weighted by Crippen LogP contribution is 2.19. The highest BCUT2D eigenvalue weighted by molar-refractivity contribution is 7.80. The third-order valence-corrected chi connectivity index (χ3v) is 4.31. The molecule has 0 radical (unpaired) electrons. The SMILES string of the molecule is Cc1cc(C(=O)NC(=S)N2CCC(C)CC2)ccc1[N+](=O)[O-]. The van der Waals surface area contributed by atoms with E-state index >= 15 is 0 Å². The van der Waals surface area contributed by atoms with E-state index in [2.05, 4.69) is 12.2 Å². The molecule has 1 heterocycles. The summed E-state index contributed by atoms with van der Waals surface area (Å²) in [7, 11) is 0. The minimum absolute atomic E-state index is 0.00384. The second kappa shape index (κ2) is 6.83. The van der Waals surface area contributed by atoms with Gasteiger partial charge in [0.15, 0.2) is 5.11 Å². The molecular weight excluding hydrogens is 302 g/mol. The number of rotatable bonds is 2. The van der Waals surface area contributed by atoms with Crippen LogP contribution < -0.4 is 5.32 Å². The van der Waals surface area contributed by atoms with Gasteiger partial charge in [0.2, 0.25) is 0 Å². The molecule has 0 saturated carbocycles. The first-order chi connectivity index (χ1) is 10.4. The van der Waals surface area contributed by atoms with Crippen LogP contribution in [0.25, 0.3) is 0 Å². The van der Waals surface area contributed by atoms with Crippen molar-refractivity contribution < 1.29 is 9.72 Å². The molecule has 118 valence electrons. The Balaban J connectivity index is 2.01. The molecule has 1 aromatic rings. The highest BCUT2D eigenvalue weighted by atomic mass is 32.1. The number of carbonyl (C=O) groups excluding carboxylic acids is 1. The summed E-state index contributed by atoms with van der Waals surface area (Å²) in [4.78, 5) is 24.5. The van der Waals surface area contributed by atoms with E-state index in [1.165, 1.54) is 18.2 Å². The van der Waals surface area contributed by atoms with Crippen molar-refractivity contribution in [3.63, 3.8) is 0 Å². The average molecular weight is 321 g/mol. The van der Waals surface area contributed by atoms with Crippen molar-refractivity contribution in [3.8, 4) is 0 Å². The number of nitrogens with one attached hydrogen (secondary N) is 1. The Bertz CT molecular complexity index is 610. The summed E-state index contributed by atoms with van der Waals surface area (Å²) in [6, 6.07) is 4.30. The molecule has 1 aliphatic rings. The molecule has 22 heavy (non-hydrogen) atoms. The predicted octanol–water partition coefficient (Wildman–Crippen LogP) is 2.65. The highest BCUT2D eigenvalue weighted by Gasteiger charge is 2.20. The molecule has 0 unspecified atom stereocenters. The summed E-state index contributed by atoms with van der Waals surface area (Å²) >= 11 is 5.27. The molecule has 0 aliphatic carbocycles. The van der Waals surface area contributed by atoms with Crippen LogP contribution in [0.5, 0.6) is 0 Å². The summed E-state index contributed by atoms with van der Waals surface area (Å²) in [6.45, 7) is 5.51. The van der Waals surface area contributed by atoms with Gasteiger partial charge in [-0.2, -0.15) is 0 Å². The van der Waals surface area contributed by atoms with Crippen molar-refractivity contribution in [3.05, 3.63) is 39.4 Å². The third kappa shape index (κ3) is 3.79. The van der Waals surface area contributed by atoms with Crippen LogP contribution in [-0.4, -0.2) is 33.9 Å². The summed E-state index contributed by atoms with van der Waals surface area (Å²) in [5.41, 5.74) is 0.829. The number of hydrogen-bond acceptors (Lipinski definition) is 4. The number of aryl methyl sites for hydroxylation is 1. The first-order valence-corrected chi connectivity index (χ1v) is 7.64. The molecule has 0 bridgehead atoms. The lowest BCUT2D eigenvalue weighted by molar-refractivity contribution is -0.385. The molecule has 0 atom stereocenters. The van der Waals surface area contributed by atoms with E-state index in [1.807, 2.05) is 4.90 Å². The van der Waals surface area contributed by atoms with Crippen LogP contribution in [0.2, 0.25) is 0 Å². The van der Waals surface area contributed by atoms with Crippen LogP contribution in [0.1, 0.15) is 35.7 Å². The van der Waals surface area contributed by atoms with E-state index in [1.54, 1.807) is 6.92 Å². The number of nitro benzene ring substituents is 1. The Labute approximate surface area is 134 Å². The Morgan fingerprint density at radius 1 is 1.41 bits per heavy atom. The van der Waals surface area contributed by atoms with Crippen molar-refractivity contribution in [2.45, 2.75) is 26.7 Å². The van der Waals surface area contributed by atoms with Crippen LogP contribution in [0.3, 0.4) is 0 Å². The molecule has 1 amide bonds. The molecular formula is C15H19N3O3S. The average Bonchev–Trinajstić information content (AvgIpc) is 2.47. The van der Waals surface area contributed by atoms with Gasteiger partial charge in [0.1, 0.15) is 0 Å². The third-order valence-electron chi connectivity index (χ3n) is 3.95. The maximum Gasteiger partial charge on any atom is 0.272 e. The lowest BCUT2D eigenvalue weighted by Crippen LogP contribution is -2.46. The second-order valence-electron chi connectivity index (χ2n) is 5.69. The van der Waals surface area contributed by atoms with Crippen LogP contribution in [-0.2, 0) is 0 Å². The number of nitro groups is 1. The lowest BCUT2D eigenvalue weighted by Gasteiger charge is -2.32. The normalized spacial score (nSPS) is 15.5. The van der Waals surface area contributed by atoms with Crippen molar-refractivity contribution in [2.75, 3.05) is 13.1 Å². The van der Waals surface area contributed by atoms with E-state index in [-0.39, 0.29) is 11.6 Å². The van der Waals surface area contributed by atoms with E-state index < -0.39 is 4.92 Å². The summed E-state index contributed by atoms with van der Waals surface area (Å²) in [6.07, 6.45) is 2.12. The molecule has 1 aliphatic heterocycles. The van der Waals surface area contributed by atoms with Crippen LogP contribution in [0.15, 0.2) is 18.2 Å². The topological polar surface area (TPSA) is 75.5 Å². The number of piperidine rings is 1. The quantitative estimate of drug-likeness (QED) is 0.515. The minimum Gasteiger partial charge on any atom is -0.349 e. The Morgan fingerprint density at radius 2 is 2.05 bits per heavy atom. The molecule has 0 spiro atoms. The largest absolute Gasteiger partial charge is 0.349 e. The van der Waals surface area contributed by atoms with E-state index in [4.69, 9.17) is 12.2 Å². The van der Waals surface area contributed by atoms with Crippen LogP contribution in [0.4, 0.5) is 5.69 Å². The molecule has 1 aromatic carbocycles. The standard InChI is InChI=1S/C15H19N3O3S/c1-10-5-7-17(8-6-10)15(22)16-14(19)12-3-4-13(18(20)21)11(2)9-12/h3-4,9-10H,5-8H2,1-2H3,(H,16,19,22). The van der Waals surface area contributed by atoms with Crippen LogP contribution in [0, 0.1) is 23.0 Å². The van der Waals surface area contributed by atoms with Gasteiger partial charge in [-0.3, -0.25) is 20.2 Å². The van der Waals surface area contributed by atoms with E-state index in [9.17, 15) is 14.9 Å². The van der Waals surface area contributed by atoms with E-state index in [0.717, 1.165) is 25.9 Å². The summed E-state index contributed by atoms with van der Waals surface area (Å²) in [5, 5.41) is 13.9. The van der Waals surface area contributed by atoms with Gasteiger partial charge in [-0.1, -0.05) is 6.92 Å². The maximum absolute atomic E-state index is 12.2. The van der Waals surface area contributed by atoms with E-state index in [0.29, 0.717) is 22.2 Å². The van der Waals surface area contributed by atoms with Gasteiger partial charge in [-0.25, -0.2) is 0 Å². The molecule has 1 N–H and O–H groups in total. The fourth-order valence-electron chi connectivity index (χ4n) is 2.46. The van der Waals surface area contributed by atoms with Gasteiger partial charge in [0, 0.05) is 30.3 Å². The first kappa shape index (κ1) is 16.4. The fourth-order valence-corrected chi connectivity index (χ4v) is 2.74. The number of carbonyl (C=O) groups is 1. The van der Waals surface area contributed by atoms with Gasteiger partial charge in [-0.05, 0) is 50.0 Å². The summed E-state index contributed by atoms with van der Waals surface area (Å²) < 4.78 is 0. The van der Waals surface area contributed by atoms with Crippen LogP contribution >= 0.6 is 12.2 Å². The lowest BCUT2D eigenvalue weighted by atomic mass is 10.00. The van der Waals surface area contributed by atoms with Crippen molar-refractivity contribution >= 4 is 28.9 Å². The molecule has 6 nitrogen and oxygen atoms in total. The van der Waals surface area contributed by atoms with Gasteiger partial charge in [-0.15, -0.1) is 0 Å². The number of amides is 1. The first-order valence-electron chi connectivity index (χ1n) is 7.23. The predicted molar refractivity (Wildman–Crippen MR) is 87.9 cm³/mol. The molecule has 7 heteroatoms. The summed E-state index contributed by atoms with van der Waals surface area (Å²) in [5.74, 6) is 0.355. The van der Waals surface area contributed by atoms with Crippen molar-refractivity contribution in [1.29, 1.82) is 0 Å². The Kier molecular flexibility index (Phi) is 5.07. The maximum atomic E-state index is 12.2. The number of nitrogens with zero attached hydrogens (tertiary/aromatic N) is 2. The second-order valence-corrected chi connectivity index (χ2v) is 6.07. The van der Waals surface area contributed by atoms with Crippen molar-refractivity contribution in [2.24, 2.45) is 5.92 Å². The van der Waals surface area contributed by atoms with Gasteiger partial charge in [0.05, 0.1) is 4.92 Å². The fraction of sp³-hybridized carbons (Fsp3) is 0.467. The minimum atomic E-state index is -0.462. The number of likely N-dealkylation sites (tertiary alicyclic amines) is 1. The number of thiocarbonyl (C=S) groups is 1. The van der Waals surface area contributed by atoms with Gasteiger partial charge < -0.3 is 4.90 Å². The molecule has 2 rings (SSSR count). The Morgan fingerprint density at radius 3 is 2.59 bits per heavy atom. The zero-order valence-electron chi connectivity index (χ0n) is 12.7. The number of benzene rings is 1. The zero-order chi connectivity index (χ0) is 16.3. The Hall–Kier alpha value is -2.02. The smallest absolute Gasteiger partial charge is 0.272 e.